The summed E-state index contributed by atoms with van der Waals surface area (Å²) in [5.74, 6) is 1.17. The van der Waals surface area contributed by atoms with E-state index in [-0.39, 0.29) is 17.7 Å². The Hall–Kier alpha value is -2.75. The number of carbonyl (C=O) groups is 2. The highest BCUT2D eigenvalue weighted by atomic mass is 16.2. The number of carbonyl (C=O) groups excluding carboxylic acids is 2. The van der Waals surface area contributed by atoms with E-state index < -0.39 is 0 Å². The summed E-state index contributed by atoms with van der Waals surface area (Å²) in [5.41, 5.74) is 0.811. The largest absolute Gasteiger partial charge is 0.352 e. The highest BCUT2D eigenvalue weighted by Crippen LogP contribution is 2.23. The molecule has 10 heteroatoms. The first kappa shape index (κ1) is 20.5. The van der Waals surface area contributed by atoms with Gasteiger partial charge in [-0.05, 0) is 19.4 Å². The molecule has 0 aromatic carbocycles. The van der Waals surface area contributed by atoms with E-state index in [2.05, 4.69) is 24.9 Å². The van der Waals surface area contributed by atoms with E-state index in [4.69, 9.17) is 0 Å². The molecule has 0 bridgehead atoms. The van der Waals surface area contributed by atoms with Gasteiger partial charge in [0.2, 0.25) is 11.8 Å². The molecule has 0 aliphatic carbocycles. The molecule has 4 rings (SSSR count). The Morgan fingerprint density at radius 3 is 2.63 bits per heavy atom. The number of hydrogen-bond acceptors (Lipinski definition) is 7. The highest BCUT2D eigenvalue weighted by molar-refractivity contribution is 5.87. The molecule has 2 aromatic rings. The third-order valence-electron chi connectivity index (χ3n) is 6.09. The van der Waals surface area contributed by atoms with Gasteiger partial charge in [-0.1, -0.05) is 0 Å². The van der Waals surface area contributed by atoms with Crippen LogP contribution in [0.3, 0.4) is 0 Å². The second-order valence-corrected chi connectivity index (χ2v) is 8.38. The Morgan fingerprint density at radius 2 is 1.90 bits per heavy atom. The van der Waals surface area contributed by atoms with E-state index in [1.807, 2.05) is 11.9 Å². The predicted molar refractivity (Wildman–Crippen MR) is 113 cm³/mol. The number of hydrogen-bond donors (Lipinski definition) is 0. The molecule has 2 aliphatic heterocycles. The maximum atomic E-state index is 12.9. The van der Waals surface area contributed by atoms with Gasteiger partial charge in [-0.25, -0.2) is 9.97 Å². The van der Waals surface area contributed by atoms with Gasteiger partial charge in [0, 0.05) is 53.9 Å². The average Bonchev–Trinajstić information content (AvgIpc) is 3.14. The van der Waals surface area contributed by atoms with Crippen LogP contribution in [0.5, 0.6) is 0 Å². The van der Waals surface area contributed by atoms with Crippen molar-refractivity contribution in [3.63, 3.8) is 0 Å². The topological polar surface area (TPSA) is 90.7 Å². The number of fused-ring (bicyclic) bond motifs is 1. The van der Waals surface area contributed by atoms with Gasteiger partial charge in [-0.15, -0.1) is 0 Å². The summed E-state index contributed by atoms with van der Waals surface area (Å²) in [4.78, 5) is 41.8. The van der Waals surface area contributed by atoms with E-state index in [9.17, 15) is 9.59 Å². The van der Waals surface area contributed by atoms with E-state index in [0.717, 1.165) is 49.3 Å². The fourth-order valence-electron chi connectivity index (χ4n) is 4.43. The number of aromatic nitrogens is 4. The van der Waals surface area contributed by atoms with E-state index in [1.54, 1.807) is 36.2 Å². The quantitative estimate of drug-likeness (QED) is 0.685. The third kappa shape index (κ3) is 4.09. The molecule has 2 aromatic heterocycles. The first-order valence-corrected chi connectivity index (χ1v) is 10.5. The summed E-state index contributed by atoms with van der Waals surface area (Å²) >= 11 is 0. The normalized spacial score (nSPS) is 20.6. The number of anilines is 1. The molecule has 10 nitrogen and oxygen atoms in total. The molecule has 4 heterocycles. The first-order valence-electron chi connectivity index (χ1n) is 10.5. The van der Waals surface area contributed by atoms with E-state index in [0.29, 0.717) is 26.2 Å². The summed E-state index contributed by atoms with van der Waals surface area (Å²) in [7, 11) is 5.46. The molecule has 30 heavy (non-hydrogen) atoms. The van der Waals surface area contributed by atoms with Gasteiger partial charge in [-0.2, -0.15) is 5.10 Å². The number of amides is 2. The van der Waals surface area contributed by atoms with Crippen LogP contribution in [0.2, 0.25) is 0 Å². The first-order chi connectivity index (χ1) is 14.4. The fraction of sp³-hybridized carbons (Fsp3) is 0.650. The lowest BCUT2D eigenvalue weighted by Crippen LogP contribution is -2.53. The number of piperazine rings is 1. The number of rotatable bonds is 4. The van der Waals surface area contributed by atoms with Crippen molar-refractivity contribution < 1.29 is 9.59 Å². The van der Waals surface area contributed by atoms with Gasteiger partial charge in [0.15, 0.2) is 5.65 Å². The van der Waals surface area contributed by atoms with Crippen LogP contribution in [0.1, 0.15) is 12.8 Å². The van der Waals surface area contributed by atoms with Crippen LogP contribution in [0, 0.1) is 5.92 Å². The zero-order valence-corrected chi connectivity index (χ0v) is 18.0. The van der Waals surface area contributed by atoms with E-state index in [1.165, 1.54) is 0 Å². The van der Waals surface area contributed by atoms with Gasteiger partial charge in [-0.3, -0.25) is 19.2 Å². The molecule has 2 saturated heterocycles. The minimum atomic E-state index is -0.00180. The number of nitrogens with zero attached hydrogens (tertiary/aromatic N) is 8. The van der Waals surface area contributed by atoms with Crippen LogP contribution < -0.4 is 4.90 Å². The second-order valence-electron chi connectivity index (χ2n) is 8.38. The van der Waals surface area contributed by atoms with Crippen LogP contribution in [0.25, 0.3) is 11.0 Å². The smallest absolute Gasteiger partial charge is 0.236 e. The summed E-state index contributed by atoms with van der Waals surface area (Å²) in [6.07, 6.45) is 5.23. The monoisotopic (exact) mass is 414 g/mol. The van der Waals surface area contributed by atoms with Crippen molar-refractivity contribution in [3.05, 3.63) is 12.5 Å². The van der Waals surface area contributed by atoms with Crippen LogP contribution >= 0.6 is 0 Å². The maximum Gasteiger partial charge on any atom is 0.236 e. The fourth-order valence-corrected chi connectivity index (χ4v) is 4.43. The molecular formula is C20H30N8O2. The SMILES string of the molecule is CN(C)C(=O)C1CCCN(CC(=O)N2CCN(c3ncnc4c3cnn4C)CC2)C1. The molecule has 162 valence electrons. The highest BCUT2D eigenvalue weighted by Gasteiger charge is 2.30. The molecule has 2 amide bonds. The van der Waals surface area contributed by atoms with Crippen molar-refractivity contribution in [1.82, 2.24) is 34.4 Å². The lowest BCUT2D eigenvalue weighted by atomic mass is 9.97. The lowest BCUT2D eigenvalue weighted by Gasteiger charge is -2.38. The zero-order valence-electron chi connectivity index (χ0n) is 18.0. The lowest BCUT2D eigenvalue weighted by molar-refractivity contribution is -0.138. The molecule has 1 unspecified atom stereocenters. The number of aryl methyl sites for hydroxylation is 1. The number of piperidine rings is 1. The van der Waals surface area contributed by atoms with Crippen molar-refractivity contribution in [3.8, 4) is 0 Å². The zero-order chi connectivity index (χ0) is 21.3. The molecular weight excluding hydrogens is 384 g/mol. The Balaban J connectivity index is 1.33. The van der Waals surface area contributed by atoms with Crippen LogP contribution in [-0.4, -0.2) is 106 Å². The van der Waals surface area contributed by atoms with Crippen LogP contribution in [0.4, 0.5) is 5.82 Å². The Kier molecular flexibility index (Phi) is 5.85. The van der Waals surface area contributed by atoms with Crippen LogP contribution in [0.15, 0.2) is 12.5 Å². The maximum absolute atomic E-state index is 12.9. The Bertz CT molecular complexity index is 919. The number of likely N-dealkylation sites (tertiary alicyclic amines) is 1. The average molecular weight is 415 g/mol. The molecule has 0 radical (unpaired) electrons. The third-order valence-corrected chi connectivity index (χ3v) is 6.09. The molecule has 0 saturated carbocycles. The summed E-state index contributed by atoms with van der Waals surface area (Å²) in [6.45, 7) is 4.73. The van der Waals surface area contributed by atoms with Gasteiger partial charge < -0.3 is 14.7 Å². The van der Waals surface area contributed by atoms with E-state index >= 15 is 0 Å². The summed E-state index contributed by atoms with van der Waals surface area (Å²) in [6, 6.07) is 0. The van der Waals surface area contributed by atoms with Gasteiger partial charge in [0.1, 0.15) is 12.1 Å². The van der Waals surface area contributed by atoms with Crippen molar-refractivity contribution in [1.29, 1.82) is 0 Å². The summed E-state index contributed by atoms with van der Waals surface area (Å²) in [5, 5.41) is 5.21. The molecule has 0 spiro atoms. The predicted octanol–water partition coefficient (Wildman–Crippen LogP) is -0.188. The molecule has 2 fully saturated rings. The molecule has 0 N–H and O–H groups in total. The molecule has 2 aliphatic rings. The second kappa shape index (κ2) is 8.55. The van der Waals surface area contributed by atoms with Crippen molar-refractivity contribution in [2.45, 2.75) is 12.8 Å². The molecule has 1 atom stereocenters. The minimum absolute atomic E-state index is 0.00180. The van der Waals surface area contributed by atoms with Crippen molar-refractivity contribution in [2.24, 2.45) is 13.0 Å². The Labute approximate surface area is 176 Å². The summed E-state index contributed by atoms with van der Waals surface area (Å²) < 4.78 is 1.74. The van der Waals surface area contributed by atoms with Crippen molar-refractivity contribution >= 4 is 28.7 Å². The van der Waals surface area contributed by atoms with Gasteiger partial charge in [0.05, 0.1) is 24.0 Å². The standard InChI is InChI=1S/C20H30N8O2/c1-24(2)20(30)15-5-4-6-26(12-15)13-17(29)27-7-9-28(10-8-27)19-16-11-23-25(3)18(16)21-14-22-19/h11,14-15H,4-10,12-13H2,1-3H3. The van der Waals surface area contributed by atoms with Crippen LogP contribution in [-0.2, 0) is 16.6 Å². The minimum Gasteiger partial charge on any atom is -0.352 e. The van der Waals surface area contributed by atoms with Gasteiger partial charge in [0.25, 0.3) is 0 Å². The Morgan fingerprint density at radius 1 is 1.13 bits per heavy atom. The van der Waals surface area contributed by atoms with Crippen molar-refractivity contribution in [2.75, 3.05) is 64.8 Å². The van der Waals surface area contributed by atoms with Gasteiger partial charge >= 0.3 is 0 Å².